The van der Waals surface area contributed by atoms with Crippen LogP contribution in [-0.2, 0) is 6.42 Å². The van der Waals surface area contributed by atoms with Crippen LogP contribution in [0.2, 0.25) is 0 Å². The van der Waals surface area contributed by atoms with Crippen LogP contribution >= 0.6 is 0 Å². The highest BCUT2D eigenvalue weighted by molar-refractivity contribution is 5.79. The third kappa shape index (κ3) is 4.60. The molecule has 0 aliphatic carbocycles. The van der Waals surface area contributed by atoms with Crippen molar-refractivity contribution in [3.05, 3.63) is 70.4 Å². The van der Waals surface area contributed by atoms with Gasteiger partial charge in [0.15, 0.2) is 17.4 Å². The zero-order chi connectivity index (χ0) is 26.3. The van der Waals surface area contributed by atoms with Gasteiger partial charge in [0.2, 0.25) is 0 Å². The molecule has 0 saturated carbocycles. The van der Waals surface area contributed by atoms with Crippen LogP contribution in [0.1, 0.15) is 35.0 Å². The summed E-state index contributed by atoms with van der Waals surface area (Å²) in [5.74, 6) is -1.82. The molecule has 1 saturated heterocycles. The van der Waals surface area contributed by atoms with Crippen LogP contribution in [0.5, 0.6) is 5.75 Å². The van der Waals surface area contributed by atoms with E-state index in [4.69, 9.17) is 10.00 Å². The minimum Gasteiger partial charge on any atom is -0.483 e. The summed E-state index contributed by atoms with van der Waals surface area (Å²) < 4.78 is 49.2. The molecule has 2 aromatic heterocycles. The van der Waals surface area contributed by atoms with E-state index in [1.54, 1.807) is 13.8 Å². The first-order valence-corrected chi connectivity index (χ1v) is 11.6. The fourth-order valence-corrected chi connectivity index (χ4v) is 4.49. The number of pyridine rings is 1. The number of hydrogen-bond donors (Lipinski definition) is 0. The average Bonchev–Trinajstić information content (AvgIpc) is 3.42. The summed E-state index contributed by atoms with van der Waals surface area (Å²) in [7, 11) is 0. The molecule has 2 amide bonds. The molecule has 1 atom stereocenters. The fraction of sp³-hybridized carbons (Fsp3) is 0.320. The molecule has 2 aliphatic heterocycles. The lowest BCUT2D eigenvalue weighted by Gasteiger charge is -2.41. The normalized spacial score (nSPS) is 17.1. The predicted molar refractivity (Wildman–Crippen MR) is 126 cm³/mol. The van der Waals surface area contributed by atoms with Gasteiger partial charge < -0.3 is 9.64 Å². The van der Waals surface area contributed by atoms with E-state index in [9.17, 15) is 18.0 Å². The van der Waals surface area contributed by atoms with E-state index in [1.807, 2.05) is 0 Å². The van der Waals surface area contributed by atoms with Gasteiger partial charge >= 0.3 is 6.03 Å². The molecule has 2 aliphatic rings. The van der Waals surface area contributed by atoms with Gasteiger partial charge in [0.25, 0.3) is 0 Å². The molecular weight excluding hydrogens is 487 g/mol. The zero-order valence-electron chi connectivity index (χ0n) is 20.0. The maximum absolute atomic E-state index is 14.5. The van der Waals surface area contributed by atoms with E-state index < -0.39 is 35.6 Å². The van der Waals surface area contributed by atoms with Crippen molar-refractivity contribution in [3.8, 4) is 17.6 Å². The molecule has 37 heavy (non-hydrogen) atoms. The number of benzene rings is 1. The Hall–Kier alpha value is -4.40. The van der Waals surface area contributed by atoms with Crippen LogP contribution in [0.3, 0.4) is 0 Å². The number of halogens is 3. The first-order chi connectivity index (χ1) is 17.7. The minimum absolute atomic E-state index is 0.0382. The van der Waals surface area contributed by atoms with Gasteiger partial charge in [-0.15, -0.1) is 0 Å². The molecule has 0 N–H and O–H groups in total. The number of carbonyl (C=O) groups excluding carboxylic acids is 1. The Morgan fingerprint density at radius 2 is 1.89 bits per heavy atom. The number of hydrazone groups is 1. The maximum Gasteiger partial charge on any atom is 0.341 e. The van der Waals surface area contributed by atoms with Gasteiger partial charge in [0, 0.05) is 36.0 Å². The van der Waals surface area contributed by atoms with E-state index in [1.165, 1.54) is 39.0 Å². The average molecular weight is 509 g/mol. The maximum atomic E-state index is 14.5. The summed E-state index contributed by atoms with van der Waals surface area (Å²) in [4.78, 5) is 18.6. The summed E-state index contributed by atoms with van der Waals surface area (Å²) in [6.45, 7) is 3.95. The smallest absolute Gasteiger partial charge is 0.341 e. The number of ether oxygens (including phenoxy) is 1. The first kappa shape index (κ1) is 24.3. The molecule has 0 spiro atoms. The Morgan fingerprint density at radius 1 is 1.16 bits per heavy atom. The number of nitrogens with zero attached hydrogens (tertiary/aromatic N) is 7. The SMILES string of the molecule is Cc1nn(-c2cc(OC3CN(C(=O)N4N=CCC4c4cc(F)cc(F)c4)C3)c(F)cn2)c(C)c1CC#N. The quantitative estimate of drug-likeness (QED) is 0.518. The molecule has 12 heteroatoms. The predicted octanol–water partition coefficient (Wildman–Crippen LogP) is 3.98. The number of carbonyl (C=O) groups is 1. The lowest BCUT2D eigenvalue weighted by Crippen LogP contribution is -2.58. The van der Waals surface area contributed by atoms with Crippen molar-refractivity contribution in [1.29, 1.82) is 5.26 Å². The highest BCUT2D eigenvalue weighted by atomic mass is 19.1. The number of hydrogen-bond acceptors (Lipinski definition) is 6. The Kier molecular flexibility index (Phi) is 6.29. The second kappa shape index (κ2) is 9.57. The van der Waals surface area contributed by atoms with Gasteiger partial charge in [-0.3, -0.25) is 0 Å². The molecule has 4 heterocycles. The van der Waals surface area contributed by atoms with Crippen molar-refractivity contribution in [2.24, 2.45) is 5.10 Å². The van der Waals surface area contributed by atoms with E-state index >= 15 is 0 Å². The van der Waals surface area contributed by atoms with Crippen molar-refractivity contribution >= 4 is 12.2 Å². The molecule has 3 aromatic rings. The molecular formula is C25H22F3N7O2. The summed E-state index contributed by atoms with van der Waals surface area (Å²) in [6, 6.07) is 5.61. The second-order valence-electron chi connectivity index (χ2n) is 8.89. The van der Waals surface area contributed by atoms with Crippen LogP contribution in [0.25, 0.3) is 5.82 Å². The topological polar surface area (TPSA) is 99.6 Å². The highest BCUT2D eigenvalue weighted by Crippen LogP contribution is 2.32. The summed E-state index contributed by atoms with van der Waals surface area (Å²) in [6.07, 6.45) is 2.61. The lowest BCUT2D eigenvalue weighted by molar-refractivity contribution is 0.0256. The number of aromatic nitrogens is 3. The molecule has 5 rings (SSSR count). The number of rotatable bonds is 5. The molecule has 1 aromatic carbocycles. The monoisotopic (exact) mass is 509 g/mol. The Bertz CT molecular complexity index is 1420. The molecule has 0 bridgehead atoms. The number of urea groups is 1. The lowest BCUT2D eigenvalue weighted by atomic mass is 10.0. The minimum atomic E-state index is -0.729. The van der Waals surface area contributed by atoms with Crippen LogP contribution in [-0.4, -0.2) is 56.1 Å². The van der Waals surface area contributed by atoms with Crippen LogP contribution < -0.4 is 4.74 Å². The third-order valence-corrected chi connectivity index (χ3v) is 6.43. The summed E-state index contributed by atoms with van der Waals surface area (Å²) in [5.41, 5.74) is 2.51. The van der Waals surface area contributed by atoms with Crippen molar-refractivity contribution in [1.82, 2.24) is 24.7 Å². The standard InChI is InChI=1S/C25H22F3N7O2/c1-14-20(3-5-29)15(2)34(32-14)24-10-23(21(28)11-30-24)37-19-12-33(13-19)25(36)35-22(4-6-31-35)16-7-17(26)9-18(27)8-16/h6-11,19,22H,3-4,12-13H2,1-2H3. The largest absolute Gasteiger partial charge is 0.483 e. The highest BCUT2D eigenvalue weighted by Gasteiger charge is 2.39. The number of amides is 2. The van der Waals surface area contributed by atoms with Crippen molar-refractivity contribution in [2.45, 2.75) is 38.8 Å². The molecule has 9 nitrogen and oxygen atoms in total. The van der Waals surface area contributed by atoms with E-state index in [2.05, 4.69) is 21.3 Å². The van der Waals surface area contributed by atoms with Crippen LogP contribution in [0, 0.1) is 42.6 Å². The Morgan fingerprint density at radius 3 is 2.59 bits per heavy atom. The second-order valence-corrected chi connectivity index (χ2v) is 8.89. The van der Waals surface area contributed by atoms with Crippen LogP contribution in [0.15, 0.2) is 35.6 Å². The molecule has 1 unspecified atom stereocenters. The van der Waals surface area contributed by atoms with Gasteiger partial charge in [0.05, 0.1) is 43.5 Å². The van der Waals surface area contributed by atoms with Crippen molar-refractivity contribution in [3.63, 3.8) is 0 Å². The van der Waals surface area contributed by atoms with Gasteiger partial charge in [0.1, 0.15) is 17.7 Å². The Labute approximate surface area is 210 Å². The summed E-state index contributed by atoms with van der Waals surface area (Å²) in [5, 5.41) is 18.7. The number of likely N-dealkylation sites (tertiary alicyclic amines) is 1. The van der Waals surface area contributed by atoms with E-state index in [-0.39, 0.29) is 25.3 Å². The molecule has 190 valence electrons. The first-order valence-electron chi connectivity index (χ1n) is 11.6. The van der Waals surface area contributed by atoms with Gasteiger partial charge in [-0.1, -0.05) is 0 Å². The molecule has 0 radical (unpaired) electrons. The molecule has 1 fully saturated rings. The van der Waals surface area contributed by atoms with E-state index in [0.717, 1.165) is 23.5 Å². The van der Waals surface area contributed by atoms with Gasteiger partial charge in [-0.25, -0.2) is 32.6 Å². The van der Waals surface area contributed by atoms with E-state index in [0.29, 0.717) is 23.5 Å². The number of nitriles is 1. The Balaban J connectivity index is 1.26. The van der Waals surface area contributed by atoms with Crippen LogP contribution in [0.4, 0.5) is 18.0 Å². The summed E-state index contributed by atoms with van der Waals surface area (Å²) >= 11 is 0. The number of aryl methyl sites for hydroxylation is 1. The van der Waals surface area contributed by atoms with Gasteiger partial charge in [-0.05, 0) is 31.5 Å². The third-order valence-electron chi connectivity index (χ3n) is 6.43. The van der Waals surface area contributed by atoms with Crippen molar-refractivity contribution in [2.75, 3.05) is 13.1 Å². The van der Waals surface area contributed by atoms with Crippen molar-refractivity contribution < 1.29 is 22.7 Å². The zero-order valence-corrected chi connectivity index (χ0v) is 20.0. The van der Waals surface area contributed by atoms with Gasteiger partial charge in [-0.2, -0.15) is 15.5 Å². The fourth-order valence-electron chi connectivity index (χ4n) is 4.49.